The van der Waals surface area contributed by atoms with E-state index in [1.165, 1.54) is 12.7 Å². The summed E-state index contributed by atoms with van der Waals surface area (Å²) in [5.41, 5.74) is 2.44. The van der Waals surface area contributed by atoms with Crippen molar-refractivity contribution >= 4 is 5.91 Å². The average Bonchev–Trinajstić information content (AvgIpc) is 2.88. The van der Waals surface area contributed by atoms with Gasteiger partial charge in [0.2, 0.25) is 0 Å². The third-order valence-electron chi connectivity index (χ3n) is 2.87. The molecule has 18 heavy (non-hydrogen) atoms. The zero-order chi connectivity index (χ0) is 12.8. The summed E-state index contributed by atoms with van der Waals surface area (Å²) in [6, 6.07) is 1.62. The van der Waals surface area contributed by atoms with Crippen LogP contribution in [0, 0.1) is 0 Å². The van der Waals surface area contributed by atoms with Crippen LogP contribution in [0.5, 0.6) is 0 Å². The van der Waals surface area contributed by atoms with Gasteiger partial charge < -0.3 is 13.9 Å². The molecule has 1 atom stereocenters. The summed E-state index contributed by atoms with van der Waals surface area (Å²) in [4.78, 5) is 11.2. The average molecular weight is 254 g/mol. The Balaban J connectivity index is 1.72. The summed E-state index contributed by atoms with van der Waals surface area (Å²) >= 11 is 0. The van der Waals surface area contributed by atoms with Crippen LogP contribution in [0.25, 0.3) is 0 Å². The predicted octanol–water partition coefficient (Wildman–Crippen LogP) is 0.969. The largest absolute Gasteiger partial charge is 0.466 e. The number of nitrogens with two attached hydrogens (primary N) is 1. The summed E-state index contributed by atoms with van der Waals surface area (Å²) < 4.78 is 16.2. The number of furan rings is 1. The van der Waals surface area contributed by atoms with Crippen LogP contribution in [0.3, 0.4) is 0 Å². The number of carbonyl (C=O) groups is 1. The Morgan fingerprint density at radius 3 is 3.17 bits per heavy atom. The third-order valence-corrected chi connectivity index (χ3v) is 2.87. The van der Waals surface area contributed by atoms with Crippen LogP contribution in [-0.2, 0) is 16.1 Å². The van der Waals surface area contributed by atoms with E-state index in [2.05, 4.69) is 0 Å². The monoisotopic (exact) mass is 254 g/mol. The van der Waals surface area contributed by atoms with Gasteiger partial charge in [-0.3, -0.25) is 10.2 Å². The van der Waals surface area contributed by atoms with Crippen LogP contribution in [-0.4, -0.2) is 25.2 Å². The highest BCUT2D eigenvalue weighted by molar-refractivity contribution is 5.93. The lowest BCUT2D eigenvalue weighted by Gasteiger charge is -2.21. The molecule has 1 aromatic rings. The minimum atomic E-state index is -0.374. The van der Waals surface area contributed by atoms with Gasteiger partial charge in [0.25, 0.3) is 5.91 Å². The Morgan fingerprint density at radius 1 is 1.56 bits per heavy atom. The Kier molecular flexibility index (Phi) is 4.74. The van der Waals surface area contributed by atoms with E-state index < -0.39 is 0 Å². The van der Waals surface area contributed by atoms with Crippen molar-refractivity contribution in [2.75, 3.05) is 13.2 Å². The van der Waals surface area contributed by atoms with E-state index in [0.717, 1.165) is 19.4 Å². The van der Waals surface area contributed by atoms with Gasteiger partial charge >= 0.3 is 0 Å². The fourth-order valence-corrected chi connectivity index (χ4v) is 1.89. The number of hydrogen-bond acceptors (Lipinski definition) is 5. The molecule has 1 aliphatic heterocycles. The maximum Gasteiger partial charge on any atom is 0.268 e. The first-order chi connectivity index (χ1) is 8.79. The second kappa shape index (κ2) is 6.53. The Hall–Kier alpha value is -1.37. The summed E-state index contributed by atoms with van der Waals surface area (Å²) in [5, 5.41) is 0. The first-order valence-corrected chi connectivity index (χ1v) is 6.07. The molecule has 1 saturated heterocycles. The first-order valence-electron chi connectivity index (χ1n) is 6.07. The van der Waals surface area contributed by atoms with Gasteiger partial charge in [-0.25, -0.2) is 5.84 Å². The molecule has 0 aromatic carbocycles. The Bertz CT molecular complexity index is 385. The van der Waals surface area contributed by atoms with E-state index >= 15 is 0 Å². The molecular formula is C12H18N2O4. The maximum atomic E-state index is 11.2. The number of amides is 1. The zero-order valence-electron chi connectivity index (χ0n) is 10.2. The van der Waals surface area contributed by atoms with E-state index in [1.807, 2.05) is 5.43 Å². The zero-order valence-corrected chi connectivity index (χ0v) is 10.2. The number of hydrazine groups is 1. The van der Waals surface area contributed by atoms with Crippen molar-refractivity contribution in [3.05, 3.63) is 23.7 Å². The molecule has 1 aliphatic rings. The molecule has 100 valence electrons. The van der Waals surface area contributed by atoms with Crippen molar-refractivity contribution in [1.29, 1.82) is 0 Å². The summed E-state index contributed by atoms with van der Waals surface area (Å²) in [5.74, 6) is 5.25. The summed E-state index contributed by atoms with van der Waals surface area (Å²) in [7, 11) is 0. The standard InChI is InChI=1S/C12H18N2O4/c13-14-12(15)9-5-11(18-6-9)8-16-7-10-3-1-2-4-17-10/h5-6,10H,1-4,7-8,13H2,(H,14,15). The number of nitrogen functional groups attached to an aromatic ring is 1. The molecular weight excluding hydrogens is 236 g/mol. The molecule has 6 nitrogen and oxygen atoms in total. The van der Waals surface area contributed by atoms with Crippen molar-refractivity contribution in [2.24, 2.45) is 5.84 Å². The number of carbonyl (C=O) groups excluding carboxylic acids is 1. The quantitative estimate of drug-likeness (QED) is 0.464. The fourth-order valence-electron chi connectivity index (χ4n) is 1.89. The predicted molar refractivity (Wildman–Crippen MR) is 63.6 cm³/mol. The van der Waals surface area contributed by atoms with Crippen LogP contribution in [0.2, 0.25) is 0 Å². The summed E-state index contributed by atoms with van der Waals surface area (Å²) in [6.45, 7) is 1.70. The normalized spacial score (nSPS) is 19.7. The summed E-state index contributed by atoms with van der Waals surface area (Å²) in [6.07, 6.45) is 4.90. The lowest BCUT2D eigenvalue weighted by molar-refractivity contribution is -0.0472. The highest BCUT2D eigenvalue weighted by atomic mass is 16.5. The maximum absolute atomic E-state index is 11.2. The molecule has 0 aliphatic carbocycles. The lowest BCUT2D eigenvalue weighted by Crippen LogP contribution is -2.29. The van der Waals surface area contributed by atoms with Gasteiger partial charge in [0.15, 0.2) is 0 Å². The minimum absolute atomic E-state index is 0.181. The van der Waals surface area contributed by atoms with Crippen LogP contribution in [0.1, 0.15) is 35.4 Å². The molecule has 2 rings (SSSR count). The molecule has 1 fully saturated rings. The van der Waals surface area contributed by atoms with Crippen molar-refractivity contribution in [3.8, 4) is 0 Å². The van der Waals surface area contributed by atoms with Crippen molar-refractivity contribution in [1.82, 2.24) is 5.43 Å². The van der Waals surface area contributed by atoms with Crippen LogP contribution in [0.15, 0.2) is 16.7 Å². The second-order valence-corrected chi connectivity index (χ2v) is 4.28. The van der Waals surface area contributed by atoms with E-state index in [0.29, 0.717) is 24.5 Å². The number of ether oxygens (including phenoxy) is 2. The second-order valence-electron chi connectivity index (χ2n) is 4.28. The van der Waals surface area contributed by atoms with Crippen LogP contribution >= 0.6 is 0 Å². The molecule has 3 N–H and O–H groups in total. The topological polar surface area (TPSA) is 86.7 Å². The van der Waals surface area contributed by atoms with Gasteiger partial charge in [-0.2, -0.15) is 0 Å². The number of rotatable bonds is 5. The van der Waals surface area contributed by atoms with Crippen molar-refractivity contribution < 1.29 is 18.7 Å². The van der Waals surface area contributed by atoms with Gasteiger partial charge in [-0.1, -0.05) is 0 Å². The molecule has 2 heterocycles. The lowest BCUT2D eigenvalue weighted by atomic mass is 10.1. The highest BCUT2D eigenvalue weighted by Crippen LogP contribution is 2.14. The molecule has 1 aromatic heterocycles. The van der Waals surface area contributed by atoms with Crippen molar-refractivity contribution in [2.45, 2.75) is 32.0 Å². The molecule has 0 bridgehead atoms. The molecule has 0 radical (unpaired) electrons. The van der Waals surface area contributed by atoms with Crippen LogP contribution in [0.4, 0.5) is 0 Å². The molecule has 0 spiro atoms. The number of nitrogens with one attached hydrogen (secondary N) is 1. The smallest absolute Gasteiger partial charge is 0.268 e. The third kappa shape index (κ3) is 3.56. The van der Waals surface area contributed by atoms with Gasteiger partial charge in [-0.05, 0) is 25.3 Å². The van der Waals surface area contributed by atoms with Crippen molar-refractivity contribution in [3.63, 3.8) is 0 Å². The Labute approximate surface area is 105 Å². The molecule has 1 unspecified atom stereocenters. The first kappa shape index (κ1) is 13.1. The fraction of sp³-hybridized carbons (Fsp3) is 0.583. The van der Waals surface area contributed by atoms with Gasteiger partial charge in [0.1, 0.15) is 18.6 Å². The van der Waals surface area contributed by atoms with E-state index in [1.54, 1.807) is 6.07 Å². The Morgan fingerprint density at radius 2 is 2.44 bits per heavy atom. The van der Waals surface area contributed by atoms with E-state index in [-0.39, 0.29) is 12.0 Å². The number of hydrogen-bond donors (Lipinski definition) is 2. The molecule has 0 saturated carbocycles. The molecule has 1 amide bonds. The molecule has 6 heteroatoms. The SMILES string of the molecule is NNC(=O)c1coc(COCC2CCCCO2)c1. The van der Waals surface area contributed by atoms with Crippen LogP contribution < -0.4 is 11.3 Å². The highest BCUT2D eigenvalue weighted by Gasteiger charge is 2.14. The van der Waals surface area contributed by atoms with Gasteiger partial charge in [0, 0.05) is 6.61 Å². The van der Waals surface area contributed by atoms with Gasteiger partial charge in [-0.15, -0.1) is 0 Å². The van der Waals surface area contributed by atoms with E-state index in [4.69, 9.17) is 19.7 Å². The minimum Gasteiger partial charge on any atom is -0.466 e. The van der Waals surface area contributed by atoms with Gasteiger partial charge in [0.05, 0.1) is 18.3 Å². The van der Waals surface area contributed by atoms with E-state index in [9.17, 15) is 4.79 Å².